The van der Waals surface area contributed by atoms with Crippen LogP contribution in [0.4, 0.5) is 0 Å². The third kappa shape index (κ3) is 1.85. The molecule has 86 valence electrons. The lowest BCUT2D eigenvalue weighted by Crippen LogP contribution is -1.87. The molecule has 1 N–H and O–H groups in total. The Morgan fingerprint density at radius 1 is 1.28 bits per heavy atom. The van der Waals surface area contributed by atoms with Gasteiger partial charge in [-0.25, -0.2) is 0 Å². The number of fused-ring (bicyclic) bond motifs is 1. The highest BCUT2D eigenvalue weighted by molar-refractivity contribution is 5.84. The molecule has 0 fully saturated rings. The van der Waals surface area contributed by atoms with Crippen LogP contribution in [0.15, 0.2) is 48.9 Å². The Morgan fingerprint density at radius 2 is 2.22 bits per heavy atom. The fraction of sp³-hybridized carbons (Fsp3) is 0.0667. The SMILES string of the molecule is N#Cc1ccc2[nH]cc(Cc3cccnc3)c2c1. The van der Waals surface area contributed by atoms with Crippen LogP contribution in [-0.4, -0.2) is 9.97 Å². The van der Waals surface area contributed by atoms with Crippen LogP contribution in [0.1, 0.15) is 16.7 Å². The van der Waals surface area contributed by atoms with Gasteiger partial charge in [0.05, 0.1) is 11.6 Å². The summed E-state index contributed by atoms with van der Waals surface area (Å²) >= 11 is 0. The predicted octanol–water partition coefficient (Wildman–Crippen LogP) is 3.03. The first-order chi connectivity index (χ1) is 8.86. The molecule has 0 atom stereocenters. The summed E-state index contributed by atoms with van der Waals surface area (Å²) in [7, 11) is 0. The van der Waals surface area contributed by atoms with Crippen molar-refractivity contribution in [2.75, 3.05) is 0 Å². The highest BCUT2D eigenvalue weighted by atomic mass is 14.7. The van der Waals surface area contributed by atoms with E-state index < -0.39 is 0 Å². The molecule has 2 heterocycles. The first kappa shape index (κ1) is 10.5. The van der Waals surface area contributed by atoms with Crippen molar-refractivity contribution in [3.05, 3.63) is 65.6 Å². The number of H-pyrrole nitrogens is 1. The number of aromatic nitrogens is 2. The fourth-order valence-corrected chi connectivity index (χ4v) is 2.12. The van der Waals surface area contributed by atoms with E-state index in [2.05, 4.69) is 22.1 Å². The van der Waals surface area contributed by atoms with Crippen LogP contribution < -0.4 is 0 Å². The van der Waals surface area contributed by atoms with Crippen LogP contribution in [0.3, 0.4) is 0 Å². The first-order valence-electron chi connectivity index (χ1n) is 5.76. The number of pyridine rings is 1. The summed E-state index contributed by atoms with van der Waals surface area (Å²) in [5, 5.41) is 10.1. The molecule has 1 aromatic carbocycles. The number of hydrogen-bond acceptors (Lipinski definition) is 2. The van der Waals surface area contributed by atoms with Gasteiger partial charge in [-0.1, -0.05) is 6.07 Å². The molecule has 0 bridgehead atoms. The van der Waals surface area contributed by atoms with Gasteiger partial charge in [0.15, 0.2) is 0 Å². The summed E-state index contributed by atoms with van der Waals surface area (Å²) in [5.41, 5.74) is 4.11. The third-order valence-corrected chi connectivity index (χ3v) is 3.01. The minimum atomic E-state index is 0.689. The average Bonchev–Trinajstić information content (AvgIpc) is 2.82. The van der Waals surface area contributed by atoms with E-state index in [9.17, 15) is 0 Å². The molecule has 0 unspecified atom stereocenters. The van der Waals surface area contributed by atoms with Gasteiger partial charge >= 0.3 is 0 Å². The van der Waals surface area contributed by atoms with Crippen molar-refractivity contribution in [2.45, 2.75) is 6.42 Å². The fourth-order valence-electron chi connectivity index (χ4n) is 2.12. The summed E-state index contributed by atoms with van der Waals surface area (Å²) in [6, 6.07) is 11.9. The maximum atomic E-state index is 8.94. The van der Waals surface area contributed by atoms with Crippen molar-refractivity contribution in [1.29, 1.82) is 5.26 Å². The summed E-state index contributed by atoms with van der Waals surface area (Å²) in [6.07, 6.45) is 6.46. The highest BCUT2D eigenvalue weighted by Crippen LogP contribution is 2.22. The van der Waals surface area contributed by atoms with Crippen LogP contribution in [-0.2, 0) is 6.42 Å². The normalized spacial score (nSPS) is 10.4. The Labute approximate surface area is 105 Å². The molecule has 0 aliphatic carbocycles. The second-order valence-electron chi connectivity index (χ2n) is 4.22. The van der Waals surface area contributed by atoms with E-state index in [1.54, 1.807) is 6.20 Å². The van der Waals surface area contributed by atoms with E-state index in [1.807, 2.05) is 36.7 Å². The molecule has 3 heteroatoms. The summed E-state index contributed by atoms with van der Waals surface area (Å²) in [4.78, 5) is 7.35. The quantitative estimate of drug-likeness (QED) is 0.739. The number of nitrogens with one attached hydrogen (secondary N) is 1. The Hall–Kier alpha value is -2.60. The molecule has 3 rings (SSSR count). The minimum Gasteiger partial charge on any atom is -0.361 e. The summed E-state index contributed by atoms with van der Waals surface area (Å²) < 4.78 is 0. The lowest BCUT2D eigenvalue weighted by molar-refractivity contribution is 1.15. The zero-order valence-corrected chi connectivity index (χ0v) is 9.72. The molecule has 2 aromatic heterocycles. The van der Waals surface area contributed by atoms with E-state index in [4.69, 9.17) is 5.26 Å². The number of hydrogen-bond donors (Lipinski definition) is 1. The second kappa shape index (κ2) is 4.34. The van der Waals surface area contributed by atoms with E-state index in [1.165, 1.54) is 11.1 Å². The molecule has 0 amide bonds. The second-order valence-corrected chi connectivity index (χ2v) is 4.22. The van der Waals surface area contributed by atoms with Crippen molar-refractivity contribution >= 4 is 10.9 Å². The van der Waals surface area contributed by atoms with Crippen LogP contribution in [0.2, 0.25) is 0 Å². The van der Waals surface area contributed by atoms with Gasteiger partial charge in [0.1, 0.15) is 0 Å². The molecule has 0 saturated heterocycles. The van der Waals surface area contributed by atoms with Crippen molar-refractivity contribution in [3.8, 4) is 6.07 Å². The number of aromatic amines is 1. The minimum absolute atomic E-state index is 0.689. The Morgan fingerprint density at radius 3 is 3.00 bits per heavy atom. The van der Waals surface area contributed by atoms with Gasteiger partial charge in [0.25, 0.3) is 0 Å². The molecule has 0 saturated carbocycles. The van der Waals surface area contributed by atoms with Crippen molar-refractivity contribution in [2.24, 2.45) is 0 Å². The van der Waals surface area contributed by atoms with Crippen molar-refractivity contribution in [3.63, 3.8) is 0 Å². The Balaban J connectivity index is 2.05. The van der Waals surface area contributed by atoms with Gasteiger partial charge in [-0.2, -0.15) is 5.26 Å². The molecule has 18 heavy (non-hydrogen) atoms. The van der Waals surface area contributed by atoms with E-state index in [0.717, 1.165) is 17.3 Å². The van der Waals surface area contributed by atoms with Crippen LogP contribution in [0.25, 0.3) is 10.9 Å². The zero-order chi connectivity index (χ0) is 12.4. The Kier molecular flexibility index (Phi) is 2.54. The molecular formula is C15H11N3. The van der Waals surface area contributed by atoms with E-state index in [0.29, 0.717) is 5.56 Å². The standard InChI is InChI=1S/C15H11N3/c16-8-11-3-4-15-14(7-11)13(10-18-15)6-12-2-1-5-17-9-12/h1-5,7,9-10,18H,6H2. The van der Waals surface area contributed by atoms with E-state index in [-0.39, 0.29) is 0 Å². The van der Waals surface area contributed by atoms with Crippen LogP contribution in [0.5, 0.6) is 0 Å². The van der Waals surface area contributed by atoms with Gasteiger partial charge in [-0.05, 0) is 35.4 Å². The molecule has 3 nitrogen and oxygen atoms in total. The lowest BCUT2D eigenvalue weighted by Gasteiger charge is -1.99. The molecule has 0 radical (unpaired) electrons. The zero-order valence-electron chi connectivity index (χ0n) is 9.72. The summed E-state index contributed by atoms with van der Waals surface area (Å²) in [6.45, 7) is 0. The number of benzene rings is 1. The van der Waals surface area contributed by atoms with Crippen LogP contribution in [0, 0.1) is 11.3 Å². The van der Waals surface area contributed by atoms with Crippen molar-refractivity contribution < 1.29 is 0 Å². The largest absolute Gasteiger partial charge is 0.361 e. The average molecular weight is 233 g/mol. The molecule has 0 spiro atoms. The maximum Gasteiger partial charge on any atom is 0.0991 e. The first-order valence-corrected chi connectivity index (χ1v) is 5.76. The monoisotopic (exact) mass is 233 g/mol. The smallest absolute Gasteiger partial charge is 0.0991 e. The predicted molar refractivity (Wildman–Crippen MR) is 70.1 cm³/mol. The van der Waals surface area contributed by atoms with Gasteiger partial charge in [0.2, 0.25) is 0 Å². The molecule has 3 aromatic rings. The van der Waals surface area contributed by atoms with Crippen molar-refractivity contribution in [1.82, 2.24) is 9.97 Å². The molecule has 0 aliphatic heterocycles. The van der Waals surface area contributed by atoms with Gasteiger partial charge < -0.3 is 4.98 Å². The third-order valence-electron chi connectivity index (χ3n) is 3.01. The number of nitrogens with zero attached hydrogens (tertiary/aromatic N) is 2. The highest BCUT2D eigenvalue weighted by Gasteiger charge is 2.05. The summed E-state index contributed by atoms with van der Waals surface area (Å²) in [5.74, 6) is 0. The number of rotatable bonds is 2. The van der Waals surface area contributed by atoms with Gasteiger partial charge in [-0.15, -0.1) is 0 Å². The van der Waals surface area contributed by atoms with Crippen LogP contribution >= 0.6 is 0 Å². The Bertz CT molecular complexity index is 720. The van der Waals surface area contributed by atoms with Gasteiger partial charge in [-0.3, -0.25) is 4.98 Å². The van der Waals surface area contributed by atoms with Gasteiger partial charge in [0, 0.05) is 35.9 Å². The molecule has 0 aliphatic rings. The topological polar surface area (TPSA) is 52.5 Å². The lowest BCUT2D eigenvalue weighted by atomic mass is 10.0. The maximum absolute atomic E-state index is 8.94. The molecular weight excluding hydrogens is 222 g/mol. The van der Waals surface area contributed by atoms with E-state index >= 15 is 0 Å². The number of nitriles is 1.